The van der Waals surface area contributed by atoms with Crippen molar-refractivity contribution in [1.29, 1.82) is 0 Å². The van der Waals surface area contributed by atoms with Crippen LogP contribution in [0.15, 0.2) is 0 Å². The fraction of sp³-hybridized carbons (Fsp3) is 0.917. The average molecular weight is 258 g/mol. The molecule has 2 unspecified atom stereocenters. The molecule has 2 aliphatic rings. The summed E-state index contributed by atoms with van der Waals surface area (Å²) in [7, 11) is 0. The van der Waals surface area contributed by atoms with Crippen molar-refractivity contribution in [3.63, 3.8) is 0 Å². The van der Waals surface area contributed by atoms with E-state index in [-0.39, 0.29) is 18.6 Å². The number of hydrogen-bond donors (Lipinski definition) is 3. The van der Waals surface area contributed by atoms with Crippen LogP contribution in [0.3, 0.4) is 0 Å². The Kier molecular flexibility index (Phi) is 3.91. The number of amides is 1. The van der Waals surface area contributed by atoms with E-state index in [0.29, 0.717) is 39.1 Å². The van der Waals surface area contributed by atoms with E-state index in [9.17, 15) is 9.90 Å². The van der Waals surface area contributed by atoms with Crippen molar-refractivity contribution in [3.8, 4) is 0 Å². The third-order valence-corrected chi connectivity index (χ3v) is 4.05. The molecule has 2 rings (SSSR count). The van der Waals surface area contributed by atoms with E-state index in [4.69, 9.17) is 15.2 Å². The summed E-state index contributed by atoms with van der Waals surface area (Å²) in [5.74, 6) is -0.210. The number of nitrogens with two attached hydrogens (primary N) is 1. The molecule has 2 saturated heterocycles. The maximum Gasteiger partial charge on any atom is 0.240 e. The molecule has 0 bridgehead atoms. The first-order valence-corrected chi connectivity index (χ1v) is 6.45. The van der Waals surface area contributed by atoms with Gasteiger partial charge in [0, 0.05) is 32.8 Å². The lowest BCUT2D eigenvalue weighted by molar-refractivity contribution is -0.131. The molecule has 6 heteroatoms. The molecule has 4 N–H and O–H groups in total. The van der Waals surface area contributed by atoms with Crippen LogP contribution >= 0.6 is 0 Å². The zero-order valence-electron chi connectivity index (χ0n) is 10.8. The summed E-state index contributed by atoms with van der Waals surface area (Å²) in [4.78, 5) is 12.1. The Morgan fingerprint density at radius 1 is 1.39 bits per heavy atom. The van der Waals surface area contributed by atoms with E-state index in [0.717, 1.165) is 0 Å². The summed E-state index contributed by atoms with van der Waals surface area (Å²) in [6, 6.07) is 0. The molecule has 0 aromatic carbocycles. The minimum Gasteiger partial charge on any atom is -0.385 e. The van der Waals surface area contributed by atoms with Gasteiger partial charge < -0.3 is 25.6 Å². The van der Waals surface area contributed by atoms with Gasteiger partial charge in [0.25, 0.3) is 0 Å². The van der Waals surface area contributed by atoms with Gasteiger partial charge in [0.1, 0.15) is 5.60 Å². The fourth-order valence-corrected chi connectivity index (χ4v) is 2.38. The van der Waals surface area contributed by atoms with E-state index < -0.39 is 11.1 Å². The molecular weight excluding hydrogens is 236 g/mol. The van der Waals surface area contributed by atoms with Crippen molar-refractivity contribution in [3.05, 3.63) is 0 Å². The van der Waals surface area contributed by atoms with Crippen LogP contribution in [0.2, 0.25) is 0 Å². The van der Waals surface area contributed by atoms with E-state index in [1.165, 1.54) is 0 Å². The molecular formula is C12H22N2O4. The van der Waals surface area contributed by atoms with Gasteiger partial charge in [-0.3, -0.25) is 4.79 Å². The number of rotatable bonds is 3. The molecule has 0 radical (unpaired) electrons. The molecule has 2 heterocycles. The van der Waals surface area contributed by atoms with Crippen molar-refractivity contribution >= 4 is 5.91 Å². The topological polar surface area (TPSA) is 93.8 Å². The Morgan fingerprint density at radius 2 is 2.06 bits per heavy atom. The molecule has 104 valence electrons. The van der Waals surface area contributed by atoms with Crippen LogP contribution in [0.4, 0.5) is 0 Å². The Labute approximate surface area is 107 Å². The Morgan fingerprint density at radius 3 is 2.61 bits per heavy atom. The summed E-state index contributed by atoms with van der Waals surface area (Å²) in [6.45, 7) is 3.54. The molecule has 2 aliphatic heterocycles. The second-order valence-electron chi connectivity index (χ2n) is 5.32. The van der Waals surface area contributed by atoms with Crippen LogP contribution in [0.25, 0.3) is 0 Å². The van der Waals surface area contributed by atoms with Crippen molar-refractivity contribution < 1.29 is 19.4 Å². The standard InChI is InChI=1S/C12H22N2O4/c1-9-12(16,4-7-18-9)8-14-10(15)11(13)2-5-17-6-3-11/h9,16H,2-8,13H2,1H3,(H,14,15). The van der Waals surface area contributed by atoms with E-state index in [2.05, 4.69) is 5.32 Å². The molecule has 0 aromatic heterocycles. The third kappa shape index (κ3) is 2.66. The van der Waals surface area contributed by atoms with Gasteiger partial charge in [0.05, 0.1) is 11.6 Å². The summed E-state index contributed by atoms with van der Waals surface area (Å²) in [5.41, 5.74) is 4.22. The molecule has 1 amide bonds. The zero-order chi connectivity index (χ0) is 13.2. The van der Waals surface area contributed by atoms with Crippen LogP contribution in [0, 0.1) is 0 Å². The predicted octanol–water partition coefficient (Wildman–Crippen LogP) is -0.850. The van der Waals surface area contributed by atoms with Gasteiger partial charge in [-0.15, -0.1) is 0 Å². The molecule has 0 aromatic rings. The van der Waals surface area contributed by atoms with Gasteiger partial charge in [-0.25, -0.2) is 0 Å². The highest BCUT2D eigenvalue weighted by molar-refractivity contribution is 5.86. The highest BCUT2D eigenvalue weighted by atomic mass is 16.5. The number of nitrogens with one attached hydrogen (secondary N) is 1. The monoisotopic (exact) mass is 258 g/mol. The molecule has 6 nitrogen and oxygen atoms in total. The number of aliphatic hydroxyl groups is 1. The maximum absolute atomic E-state index is 12.1. The number of carbonyl (C=O) groups excluding carboxylic acids is 1. The van der Waals surface area contributed by atoms with Gasteiger partial charge in [-0.05, 0) is 19.8 Å². The van der Waals surface area contributed by atoms with Crippen molar-refractivity contribution in [2.24, 2.45) is 5.73 Å². The van der Waals surface area contributed by atoms with Gasteiger partial charge in [-0.1, -0.05) is 0 Å². The lowest BCUT2D eigenvalue weighted by Crippen LogP contribution is -2.59. The lowest BCUT2D eigenvalue weighted by Gasteiger charge is -2.33. The van der Waals surface area contributed by atoms with Crippen LogP contribution in [-0.2, 0) is 14.3 Å². The average Bonchev–Trinajstić information content (AvgIpc) is 2.68. The van der Waals surface area contributed by atoms with Gasteiger partial charge >= 0.3 is 0 Å². The lowest BCUT2D eigenvalue weighted by atomic mass is 9.89. The second kappa shape index (κ2) is 5.13. The summed E-state index contributed by atoms with van der Waals surface area (Å²) >= 11 is 0. The fourth-order valence-electron chi connectivity index (χ4n) is 2.38. The normalized spacial score (nSPS) is 35.4. The van der Waals surface area contributed by atoms with E-state index in [1.54, 1.807) is 0 Å². The quantitative estimate of drug-likeness (QED) is 0.613. The SMILES string of the molecule is CC1OCCC1(O)CNC(=O)C1(N)CCOCC1. The minimum absolute atomic E-state index is 0.187. The molecule has 2 fully saturated rings. The first kappa shape index (κ1) is 13.7. The molecule has 0 spiro atoms. The van der Waals surface area contributed by atoms with E-state index in [1.807, 2.05) is 6.92 Å². The van der Waals surface area contributed by atoms with Crippen LogP contribution in [-0.4, -0.2) is 54.6 Å². The number of hydrogen-bond acceptors (Lipinski definition) is 5. The largest absolute Gasteiger partial charge is 0.385 e. The Balaban J connectivity index is 1.88. The van der Waals surface area contributed by atoms with Crippen molar-refractivity contribution in [1.82, 2.24) is 5.32 Å². The highest BCUT2D eigenvalue weighted by Gasteiger charge is 2.42. The Bertz CT molecular complexity index is 317. The number of ether oxygens (including phenoxy) is 2. The second-order valence-corrected chi connectivity index (χ2v) is 5.32. The van der Waals surface area contributed by atoms with Crippen molar-refractivity contribution in [2.45, 2.75) is 43.4 Å². The maximum atomic E-state index is 12.1. The predicted molar refractivity (Wildman–Crippen MR) is 65.0 cm³/mol. The number of carbonyl (C=O) groups is 1. The first-order valence-electron chi connectivity index (χ1n) is 6.45. The van der Waals surface area contributed by atoms with Gasteiger partial charge in [0.15, 0.2) is 0 Å². The minimum atomic E-state index is -0.975. The molecule has 2 atom stereocenters. The van der Waals surface area contributed by atoms with Gasteiger partial charge in [0.2, 0.25) is 5.91 Å². The molecule has 0 saturated carbocycles. The van der Waals surface area contributed by atoms with Crippen molar-refractivity contribution in [2.75, 3.05) is 26.4 Å². The van der Waals surface area contributed by atoms with Crippen LogP contribution in [0.1, 0.15) is 26.2 Å². The van der Waals surface area contributed by atoms with Crippen LogP contribution in [0.5, 0.6) is 0 Å². The molecule has 0 aliphatic carbocycles. The zero-order valence-corrected chi connectivity index (χ0v) is 10.8. The molecule has 18 heavy (non-hydrogen) atoms. The summed E-state index contributed by atoms with van der Waals surface area (Å²) < 4.78 is 10.5. The smallest absolute Gasteiger partial charge is 0.240 e. The van der Waals surface area contributed by atoms with Crippen LogP contribution < -0.4 is 11.1 Å². The van der Waals surface area contributed by atoms with E-state index >= 15 is 0 Å². The summed E-state index contributed by atoms with van der Waals surface area (Å²) in [5, 5.41) is 13.0. The Hall–Kier alpha value is -0.690. The third-order valence-electron chi connectivity index (χ3n) is 4.05. The van der Waals surface area contributed by atoms with Gasteiger partial charge in [-0.2, -0.15) is 0 Å². The highest BCUT2D eigenvalue weighted by Crippen LogP contribution is 2.25. The summed E-state index contributed by atoms with van der Waals surface area (Å²) in [6.07, 6.45) is 1.31. The first-order chi connectivity index (χ1) is 8.46.